The van der Waals surface area contributed by atoms with Crippen LogP contribution in [-0.2, 0) is 17.8 Å². The van der Waals surface area contributed by atoms with E-state index in [0.717, 1.165) is 21.8 Å². The van der Waals surface area contributed by atoms with Crippen LogP contribution in [0.5, 0.6) is 5.75 Å². The number of aliphatic carboxylic acids is 1. The van der Waals surface area contributed by atoms with Gasteiger partial charge in [0.25, 0.3) is 0 Å². The van der Waals surface area contributed by atoms with Gasteiger partial charge in [0.15, 0.2) is 0 Å². The molecule has 0 aliphatic heterocycles. The van der Waals surface area contributed by atoms with Crippen LogP contribution in [0.3, 0.4) is 0 Å². The number of carbonyl (C=O) groups is 1. The Labute approximate surface area is 145 Å². The van der Waals surface area contributed by atoms with Crippen LogP contribution in [0, 0.1) is 0 Å². The van der Waals surface area contributed by atoms with E-state index in [9.17, 15) is 9.90 Å². The first kappa shape index (κ1) is 16.3. The molecule has 0 aliphatic carbocycles. The van der Waals surface area contributed by atoms with Crippen molar-refractivity contribution in [1.29, 1.82) is 0 Å². The molecule has 1 atom stereocenters. The summed E-state index contributed by atoms with van der Waals surface area (Å²) in [5, 5.41) is 11.4. The molecule has 0 radical (unpaired) electrons. The first-order valence-corrected chi connectivity index (χ1v) is 8.62. The normalized spacial score (nSPS) is 11.8. The number of hydrogen-bond acceptors (Lipinski definition) is 3. The topological polar surface area (TPSA) is 46.5 Å². The van der Waals surface area contributed by atoms with Gasteiger partial charge < -0.3 is 9.84 Å². The molecule has 0 spiro atoms. The summed E-state index contributed by atoms with van der Waals surface area (Å²) >= 11 is 1.48. The van der Waals surface area contributed by atoms with Gasteiger partial charge in [0.2, 0.25) is 0 Å². The quantitative estimate of drug-likeness (QED) is 0.677. The van der Waals surface area contributed by atoms with Crippen molar-refractivity contribution in [3.05, 3.63) is 88.1 Å². The molecule has 3 nitrogen and oxygen atoms in total. The first-order valence-electron chi connectivity index (χ1n) is 7.74. The van der Waals surface area contributed by atoms with Crippen molar-refractivity contribution in [2.45, 2.75) is 18.9 Å². The molecular weight excluding hydrogens is 320 g/mol. The van der Waals surface area contributed by atoms with Gasteiger partial charge in [-0.25, -0.2) is 0 Å². The largest absolute Gasteiger partial charge is 0.489 e. The highest BCUT2D eigenvalue weighted by Gasteiger charge is 2.21. The Morgan fingerprint density at radius 2 is 1.79 bits per heavy atom. The van der Waals surface area contributed by atoms with Crippen LogP contribution in [0.2, 0.25) is 0 Å². The summed E-state index contributed by atoms with van der Waals surface area (Å²) in [5.74, 6) is -0.561. The fraction of sp³-hybridized carbons (Fsp3) is 0.150. The minimum atomic E-state index is -0.798. The van der Waals surface area contributed by atoms with Crippen LogP contribution in [-0.4, -0.2) is 11.1 Å². The van der Waals surface area contributed by atoms with E-state index in [0.29, 0.717) is 13.0 Å². The Morgan fingerprint density at radius 3 is 2.50 bits per heavy atom. The molecule has 0 bridgehead atoms. The van der Waals surface area contributed by atoms with E-state index < -0.39 is 11.9 Å². The maximum Gasteiger partial charge on any atom is 0.312 e. The van der Waals surface area contributed by atoms with Crippen molar-refractivity contribution in [2.24, 2.45) is 0 Å². The van der Waals surface area contributed by atoms with Crippen molar-refractivity contribution in [3.63, 3.8) is 0 Å². The number of ether oxygens (including phenoxy) is 1. The van der Waals surface area contributed by atoms with Crippen molar-refractivity contribution < 1.29 is 14.6 Å². The predicted molar refractivity (Wildman–Crippen MR) is 95.6 cm³/mol. The lowest BCUT2D eigenvalue weighted by atomic mass is 9.98. The van der Waals surface area contributed by atoms with Crippen LogP contribution in [0.15, 0.2) is 72.1 Å². The number of rotatable bonds is 7. The second-order valence-electron chi connectivity index (χ2n) is 5.53. The molecule has 4 heteroatoms. The van der Waals surface area contributed by atoms with Gasteiger partial charge in [0, 0.05) is 4.88 Å². The molecule has 1 aromatic heterocycles. The Hall–Kier alpha value is -2.59. The Bertz CT molecular complexity index is 782. The molecule has 0 fully saturated rings. The highest BCUT2D eigenvalue weighted by molar-refractivity contribution is 7.10. The Morgan fingerprint density at radius 1 is 1.00 bits per heavy atom. The highest BCUT2D eigenvalue weighted by Crippen LogP contribution is 2.27. The summed E-state index contributed by atoms with van der Waals surface area (Å²) in [4.78, 5) is 12.4. The number of hydrogen-bond donors (Lipinski definition) is 1. The fourth-order valence-corrected chi connectivity index (χ4v) is 3.36. The average Bonchev–Trinajstić information content (AvgIpc) is 3.13. The molecule has 24 heavy (non-hydrogen) atoms. The van der Waals surface area contributed by atoms with E-state index in [4.69, 9.17) is 4.74 Å². The minimum Gasteiger partial charge on any atom is -0.489 e. The number of thiophene rings is 1. The van der Waals surface area contributed by atoms with Gasteiger partial charge in [-0.1, -0.05) is 48.5 Å². The molecule has 2 aromatic carbocycles. The summed E-state index contributed by atoms with van der Waals surface area (Å²) < 4.78 is 5.82. The predicted octanol–water partition coefficient (Wildman–Crippen LogP) is 4.74. The fourth-order valence-electron chi connectivity index (χ4n) is 2.54. The third-order valence-electron chi connectivity index (χ3n) is 3.77. The lowest BCUT2D eigenvalue weighted by molar-refractivity contribution is -0.138. The van der Waals surface area contributed by atoms with Crippen molar-refractivity contribution in [2.75, 3.05) is 0 Å². The molecule has 1 heterocycles. The maximum atomic E-state index is 11.6. The molecule has 122 valence electrons. The van der Waals surface area contributed by atoms with Gasteiger partial charge in [-0.2, -0.15) is 0 Å². The van der Waals surface area contributed by atoms with Crippen LogP contribution in [0.1, 0.15) is 21.9 Å². The van der Waals surface area contributed by atoms with E-state index >= 15 is 0 Å². The van der Waals surface area contributed by atoms with E-state index in [-0.39, 0.29) is 0 Å². The average molecular weight is 338 g/mol. The van der Waals surface area contributed by atoms with Crippen LogP contribution < -0.4 is 4.74 Å². The van der Waals surface area contributed by atoms with Gasteiger partial charge in [-0.05, 0) is 41.1 Å². The van der Waals surface area contributed by atoms with Crippen LogP contribution in [0.4, 0.5) is 0 Å². The smallest absolute Gasteiger partial charge is 0.312 e. The van der Waals surface area contributed by atoms with Gasteiger partial charge in [-0.15, -0.1) is 11.3 Å². The zero-order valence-electron chi connectivity index (χ0n) is 13.1. The summed E-state index contributed by atoms with van der Waals surface area (Å²) in [6.07, 6.45) is 0.457. The zero-order valence-corrected chi connectivity index (χ0v) is 13.9. The van der Waals surface area contributed by atoms with Crippen molar-refractivity contribution in [3.8, 4) is 5.75 Å². The second kappa shape index (κ2) is 7.79. The SMILES string of the molecule is O=C(O)C(Cc1cccc(OCc2ccccc2)c1)c1cccs1. The van der Waals surface area contributed by atoms with Gasteiger partial charge in [-0.3, -0.25) is 4.79 Å². The van der Waals surface area contributed by atoms with Crippen molar-refractivity contribution >= 4 is 17.3 Å². The minimum absolute atomic E-state index is 0.457. The monoisotopic (exact) mass is 338 g/mol. The van der Waals surface area contributed by atoms with E-state index in [1.165, 1.54) is 11.3 Å². The van der Waals surface area contributed by atoms with Crippen LogP contribution >= 0.6 is 11.3 Å². The number of carboxylic acid groups (broad SMARTS) is 1. The lowest BCUT2D eigenvalue weighted by Gasteiger charge is -2.12. The summed E-state index contributed by atoms with van der Waals surface area (Å²) in [7, 11) is 0. The molecule has 0 saturated carbocycles. The molecular formula is C20H18O3S. The number of carboxylic acids is 1. The van der Waals surface area contributed by atoms with Gasteiger partial charge in [0.05, 0.1) is 5.92 Å². The third kappa shape index (κ3) is 4.24. The summed E-state index contributed by atoms with van der Waals surface area (Å²) in [6.45, 7) is 0.498. The van der Waals surface area contributed by atoms with E-state index in [1.807, 2.05) is 72.1 Å². The molecule has 1 N–H and O–H groups in total. The number of benzene rings is 2. The van der Waals surface area contributed by atoms with E-state index in [2.05, 4.69) is 0 Å². The maximum absolute atomic E-state index is 11.6. The van der Waals surface area contributed by atoms with Gasteiger partial charge >= 0.3 is 5.97 Å². The van der Waals surface area contributed by atoms with Crippen molar-refractivity contribution in [1.82, 2.24) is 0 Å². The zero-order chi connectivity index (χ0) is 16.8. The van der Waals surface area contributed by atoms with Gasteiger partial charge in [0.1, 0.15) is 12.4 Å². The third-order valence-corrected chi connectivity index (χ3v) is 4.76. The Balaban J connectivity index is 1.69. The summed E-state index contributed by atoms with van der Waals surface area (Å²) in [5.41, 5.74) is 2.06. The molecule has 3 aromatic rings. The molecule has 0 saturated heterocycles. The standard InChI is InChI=1S/C20H18O3S/c21-20(22)18(19-10-5-11-24-19)13-16-8-4-9-17(12-16)23-14-15-6-2-1-3-7-15/h1-12,18H,13-14H2,(H,21,22). The first-order chi connectivity index (χ1) is 11.7. The Kier molecular flexibility index (Phi) is 5.29. The van der Waals surface area contributed by atoms with E-state index in [1.54, 1.807) is 0 Å². The summed E-state index contributed by atoms with van der Waals surface area (Å²) in [6, 6.07) is 21.4. The van der Waals surface area contributed by atoms with Crippen LogP contribution in [0.25, 0.3) is 0 Å². The molecule has 0 amide bonds. The molecule has 1 unspecified atom stereocenters. The second-order valence-corrected chi connectivity index (χ2v) is 6.51. The lowest BCUT2D eigenvalue weighted by Crippen LogP contribution is -2.13. The molecule has 0 aliphatic rings. The highest BCUT2D eigenvalue weighted by atomic mass is 32.1. The molecule has 3 rings (SSSR count).